The van der Waals surface area contributed by atoms with E-state index in [1.54, 1.807) is 12.4 Å². The van der Waals surface area contributed by atoms with Crippen molar-refractivity contribution in [1.82, 2.24) is 9.97 Å². The highest BCUT2D eigenvalue weighted by Gasteiger charge is 2.01. The Bertz CT molecular complexity index is 426. The van der Waals surface area contributed by atoms with Crippen molar-refractivity contribution in [2.75, 3.05) is 0 Å². The van der Waals surface area contributed by atoms with E-state index in [2.05, 4.69) is 22.6 Å². The van der Waals surface area contributed by atoms with Gasteiger partial charge in [-0.1, -0.05) is 6.07 Å². The summed E-state index contributed by atoms with van der Waals surface area (Å²) >= 11 is 4.36. The Labute approximate surface area is 82.4 Å². The second-order valence-electron chi connectivity index (χ2n) is 2.98. The van der Waals surface area contributed by atoms with Crippen LogP contribution in [0.1, 0.15) is 17.7 Å². The van der Waals surface area contributed by atoms with Crippen LogP contribution in [0.15, 0.2) is 30.6 Å². The van der Waals surface area contributed by atoms with Gasteiger partial charge in [-0.25, -0.2) is 0 Å². The second-order valence-corrected chi connectivity index (χ2v) is 3.76. The number of rotatable bonds is 1. The quantitative estimate of drug-likeness (QED) is 0.699. The lowest BCUT2D eigenvalue weighted by atomic mass is 10.1. The molecule has 0 N–H and O–H groups in total. The van der Waals surface area contributed by atoms with Crippen LogP contribution in [0.3, 0.4) is 0 Å². The van der Waals surface area contributed by atoms with Crippen molar-refractivity contribution in [3.05, 3.63) is 36.2 Å². The van der Waals surface area contributed by atoms with Gasteiger partial charge < -0.3 is 0 Å². The fraction of sp³-hybridized carbons (Fsp3) is 0.200. The van der Waals surface area contributed by atoms with Crippen molar-refractivity contribution in [2.45, 2.75) is 12.2 Å². The molecular formula is C10H10N2S. The van der Waals surface area contributed by atoms with Crippen molar-refractivity contribution in [3.8, 4) is 0 Å². The molecule has 2 nitrogen and oxygen atoms in total. The average molecular weight is 190 g/mol. The van der Waals surface area contributed by atoms with Crippen LogP contribution in [0.5, 0.6) is 0 Å². The Balaban J connectivity index is 2.62. The summed E-state index contributed by atoms with van der Waals surface area (Å²) in [6, 6.07) is 6.04. The maximum atomic E-state index is 4.36. The highest BCUT2D eigenvalue weighted by atomic mass is 32.1. The predicted molar refractivity (Wildman–Crippen MR) is 56.9 cm³/mol. The van der Waals surface area contributed by atoms with Crippen LogP contribution in [-0.2, 0) is 0 Å². The first-order chi connectivity index (χ1) is 6.27. The average Bonchev–Trinajstić information content (AvgIpc) is 2.17. The number of hydrogen-bond donors (Lipinski definition) is 1. The molecule has 1 heterocycles. The van der Waals surface area contributed by atoms with Gasteiger partial charge in [-0.3, -0.25) is 9.97 Å². The van der Waals surface area contributed by atoms with E-state index in [1.807, 2.05) is 25.1 Å². The molecule has 0 aliphatic carbocycles. The zero-order valence-corrected chi connectivity index (χ0v) is 8.20. The van der Waals surface area contributed by atoms with Crippen LogP contribution < -0.4 is 0 Å². The molecule has 2 rings (SSSR count). The van der Waals surface area contributed by atoms with Crippen LogP contribution in [0, 0.1) is 0 Å². The smallest absolute Gasteiger partial charge is 0.0889 e. The fourth-order valence-corrected chi connectivity index (χ4v) is 1.40. The molecule has 13 heavy (non-hydrogen) atoms. The molecule has 1 unspecified atom stereocenters. The minimum Gasteiger partial charge on any atom is -0.253 e. The number of fused-ring (bicyclic) bond motifs is 1. The third-order valence-corrected chi connectivity index (χ3v) is 2.27. The Kier molecular flexibility index (Phi) is 2.19. The summed E-state index contributed by atoms with van der Waals surface area (Å²) in [6.45, 7) is 2.04. The molecule has 0 fully saturated rings. The summed E-state index contributed by atoms with van der Waals surface area (Å²) in [7, 11) is 0. The van der Waals surface area contributed by atoms with Crippen LogP contribution in [0.4, 0.5) is 0 Å². The second kappa shape index (κ2) is 3.34. The van der Waals surface area contributed by atoms with Crippen LogP contribution >= 0.6 is 12.6 Å². The molecule has 66 valence electrons. The Morgan fingerprint density at radius 3 is 2.54 bits per heavy atom. The van der Waals surface area contributed by atoms with E-state index in [0.717, 1.165) is 11.0 Å². The molecule has 0 amide bonds. The van der Waals surface area contributed by atoms with Crippen molar-refractivity contribution < 1.29 is 0 Å². The van der Waals surface area contributed by atoms with Crippen molar-refractivity contribution >= 4 is 23.7 Å². The van der Waals surface area contributed by atoms with Gasteiger partial charge >= 0.3 is 0 Å². The van der Waals surface area contributed by atoms with E-state index in [-0.39, 0.29) is 5.25 Å². The predicted octanol–water partition coefficient (Wildman–Crippen LogP) is 2.62. The van der Waals surface area contributed by atoms with Crippen LogP contribution in [-0.4, -0.2) is 9.97 Å². The SMILES string of the molecule is CC(S)c1ccc2nccnc2c1. The van der Waals surface area contributed by atoms with Gasteiger partial charge in [0.1, 0.15) is 0 Å². The summed E-state index contributed by atoms with van der Waals surface area (Å²) in [6.07, 6.45) is 3.40. The Morgan fingerprint density at radius 1 is 1.15 bits per heavy atom. The fourth-order valence-electron chi connectivity index (χ4n) is 1.24. The lowest BCUT2D eigenvalue weighted by Gasteiger charge is -2.04. The van der Waals surface area contributed by atoms with E-state index in [0.29, 0.717) is 0 Å². The summed E-state index contributed by atoms with van der Waals surface area (Å²) in [5.41, 5.74) is 3.04. The van der Waals surface area contributed by atoms with E-state index < -0.39 is 0 Å². The molecule has 0 saturated carbocycles. The van der Waals surface area contributed by atoms with Crippen molar-refractivity contribution in [1.29, 1.82) is 0 Å². The number of hydrogen-bond acceptors (Lipinski definition) is 3. The molecule has 1 aromatic carbocycles. The minimum atomic E-state index is 0.242. The summed E-state index contributed by atoms with van der Waals surface area (Å²) in [5.74, 6) is 0. The number of aromatic nitrogens is 2. The lowest BCUT2D eigenvalue weighted by molar-refractivity contribution is 1.11. The van der Waals surface area contributed by atoms with Gasteiger partial charge in [0.25, 0.3) is 0 Å². The molecule has 0 aliphatic rings. The Morgan fingerprint density at radius 2 is 1.85 bits per heavy atom. The molecule has 0 radical (unpaired) electrons. The number of nitrogens with zero attached hydrogens (tertiary/aromatic N) is 2. The van der Waals surface area contributed by atoms with E-state index >= 15 is 0 Å². The highest BCUT2D eigenvalue weighted by Crippen LogP contribution is 2.21. The first kappa shape index (κ1) is 8.51. The van der Waals surface area contributed by atoms with Gasteiger partial charge in [0, 0.05) is 17.6 Å². The molecule has 2 aromatic rings. The van der Waals surface area contributed by atoms with E-state index in [4.69, 9.17) is 0 Å². The molecule has 1 aromatic heterocycles. The van der Waals surface area contributed by atoms with Crippen LogP contribution in [0.25, 0.3) is 11.0 Å². The topological polar surface area (TPSA) is 25.8 Å². The van der Waals surface area contributed by atoms with Gasteiger partial charge in [0.15, 0.2) is 0 Å². The maximum absolute atomic E-state index is 4.36. The molecule has 3 heteroatoms. The molecule has 0 saturated heterocycles. The minimum absolute atomic E-state index is 0.242. The van der Waals surface area contributed by atoms with E-state index in [9.17, 15) is 0 Å². The molecule has 0 spiro atoms. The largest absolute Gasteiger partial charge is 0.253 e. The molecule has 0 aliphatic heterocycles. The van der Waals surface area contributed by atoms with Gasteiger partial charge in [-0.15, -0.1) is 0 Å². The molecule has 0 bridgehead atoms. The standard InChI is InChI=1S/C10H10N2S/c1-7(13)8-2-3-9-10(6-8)12-5-4-11-9/h2-7,13H,1H3. The van der Waals surface area contributed by atoms with Crippen LogP contribution in [0.2, 0.25) is 0 Å². The van der Waals surface area contributed by atoms with Gasteiger partial charge in [-0.05, 0) is 24.6 Å². The van der Waals surface area contributed by atoms with Crippen molar-refractivity contribution in [3.63, 3.8) is 0 Å². The highest BCUT2D eigenvalue weighted by molar-refractivity contribution is 7.80. The Hall–Kier alpha value is -1.09. The van der Waals surface area contributed by atoms with E-state index in [1.165, 1.54) is 5.56 Å². The zero-order valence-electron chi connectivity index (χ0n) is 7.31. The summed E-state index contributed by atoms with van der Waals surface area (Å²) in [5, 5.41) is 0.242. The maximum Gasteiger partial charge on any atom is 0.0889 e. The molecule has 1 atom stereocenters. The zero-order chi connectivity index (χ0) is 9.26. The summed E-state index contributed by atoms with van der Waals surface area (Å²) in [4.78, 5) is 8.42. The lowest BCUT2D eigenvalue weighted by Crippen LogP contribution is -1.87. The van der Waals surface area contributed by atoms with Gasteiger partial charge in [0.05, 0.1) is 11.0 Å². The summed E-state index contributed by atoms with van der Waals surface area (Å²) < 4.78 is 0. The third-order valence-electron chi connectivity index (χ3n) is 1.98. The third kappa shape index (κ3) is 1.65. The normalized spacial score (nSPS) is 13.1. The number of thiol groups is 1. The van der Waals surface area contributed by atoms with Gasteiger partial charge in [-0.2, -0.15) is 12.6 Å². The first-order valence-electron chi connectivity index (χ1n) is 4.16. The van der Waals surface area contributed by atoms with Crippen molar-refractivity contribution in [2.24, 2.45) is 0 Å². The number of benzene rings is 1. The van der Waals surface area contributed by atoms with Gasteiger partial charge in [0.2, 0.25) is 0 Å². The molecular weight excluding hydrogens is 180 g/mol. The first-order valence-corrected chi connectivity index (χ1v) is 4.68. The monoisotopic (exact) mass is 190 g/mol.